The Kier molecular flexibility index (Phi) is 5.01. The van der Waals surface area contributed by atoms with E-state index in [4.69, 9.17) is 0 Å². The number of anilines is 1. The van der Waals surface area contributed by atoms with Gasteiger partial charge < -0.3 is 15.5 Å². The molecule has 0 bridgehead atoms. The molecule has 0 fully saturated rings. The maximum absolute atomic E-state index is 11.8. The van der Waals surface area contributed by atoms with E-state index in [2.05, 4.69) is 10.6 Å². The maximum atomic E-state index is 11.8. The molecule has 0 aromatic heterocycles. The Balaban J connectivity index is 3.09. The number of carbonyl (C=O) groups is 2. The maximum Gasteiger partial charge on any atom is 0.292 e. The van der Waals surface area contributed by atoms with Gasteiger partial charge in [-0.25, -0.2) is 0 Å². The molecule has 0 aliphatic carbocycles. The molecule has 1 aromatic rings. The van der Waals surface area contributed by atoms with E-state index in [0.717, 1.165) is 0 Å². The quantitative estimate of drug-likeness (QED) is 0.602. The van der Waals surface area contributed by atoms with Crippen molar-refractivity contribution in [3.05, 3.63) is 33.9 Å². The van der Waals surface area contributed by atoms with Gasteiger partial charge in [-0.2, -0.15) is 0 Å². The number of likely N-dealkylation sites (N-methyl/N-ethyl adjacent to an activating group) is 1. The van der Waals surface area contributed by atoms with Crippen molar-refractivity contribution < 1.29 is 14.5 Å². The summed E-state index contributed by atoms with van der Waals surface area (Å²) in [4.78, 5) is 34.7. The van der Waals surface area contributed by atoms with Crippen molar-refractivity contribution in [2.24, 2.45) is 0 Å². The second kappa shape index (κ2) is 6.50. The monoisotopic (exact) mass is 280 g/mol. The molecule has 108 valence electrons. The number of hydrogen-bond donors (Lipinski definition) is 2. The van der Waals surface area contributed by atoms with Crippen LogP contribution in [0.3, 0.4) is 0 Å². The van der Waals surface area contributed by atoms with E-state index < -0.39 is 4.92 Å². The van der Waals surface area contributed by atoms with Gasteiger partial charge in [0.25, 0.3) is 11.6 Å². The summed E-state index contributed by atoms with van der Waals surface area (Å²) < 4.78 is 0. The lowest BCUT2D eigenvalue weighted by Crippen LogP contribution is -2.26. The van der Waals surface area contributed by atoms with Crippen LogP contribution in [0, 0.1) is 10.1 Å². The Morgan fingerprint density at radius 2 is 2.00 bits per heavy atom. The highest BCUT2D eigenvalue weighted by molar-refractivity contribution is 5.95. The van der Waals surface area contributed by atoms with E-state index in [0.29, 0.717) is 5.56 Å². The van der Waals surface area contributed by atoms with Crippen LogP contribution in [-0.2, 0) is 4.79 Å². The lowest BCUT2D eigenvalue weighted by atomic mass is 10.1. The van der Waals surface area contributed by atoms with Gasteiger partial charge in [-0.15, -0.1) is 0 Å². The molecule has 20 heavy (non-hydrogen) atoms. The van der Waals surface area contributed by atoms with Crippen molar-refractivity contribution in [3.63, 3.8) is 0 Å². The number of nitro groups is 1. The Hall–Kier alpha value is -2.64. The van der Waals surface area contributed by atoms with E-state index >= 15 is 0 Å². The summed E-state index contributed by atoms with van der Waals surface area (Å²) in [6, 6.07) is 3.98. The smallest absolute Gasteiger partial charge is 0.292 e. The number of carbonyl (C=O) groups excluding carboxylic acids is 2. The predicted octanol–water partition coefficient (Wildman–Crippen LogP) is 0.454. The van der Waals surface area contributed by atoms with Crippen molar-refractivity contribution in [1.82, 2.24) is 10.2 Å². The Morgan fingerprint density at radius 3 is 2.50 bits per heavy atom. The van der Waals surface area contributed by atoms with E-state index in [1.165, 1.54) is 30.1 Å². The third-order valence-electron chi connectivity index (χ3n) is 2.56. The van der Waals surface area contributed by atoms with Gasteiger partial charge in [0, 0.05) is 32.8 Å². The van der Waals surface area contributed by atoms with Crippen LogP contribution >= 0.6 is 0 Å². The van der Waals surface area contributed by atoms with Crippen molar-refractivity contribution in [2.45, 2.75) is 0 Å². The standard InChI is InChI=1S/C12H16N4O4/c1-13-11(17)7-14-9-6-8(12(18)15(2)3)4-5-10(9)16(19)20/h4-6,14H,7H2,1-3H3,(H,13,17). The zero-order chi connectivity index (χ0) is 15.3. The topological polar surface area (TPSA) is 105 Å². The lowest BCUT2D eigenvalue weighted by molar-refractivity contribution is -0.383. The SMILES string of the molecule is CNC(=O)CNc1cc(C(=O)N(C)C)ccc1[N+](=O)[O-]. The predicted molar refractivity (Wildman–Crippen MR) is 73.7 cm³/mol. The molecule has 0 spiro atoms. The molecule has 0 heterocycles. The number of amides is 2. The molecule has 0 atom stereocenters. The summed E-state index contributed by atoms with van der Waals surface area (Å²) in [6.45, 7) is -0.114. The molecule has 2 N–H and O–H groups in total. The van der Waals surface area contributed by atoms with Crippen LogP contribution in [0.5, 0.6) is 0 Å². The van der Waals surface area contributed by atoms with Crippen LogP contribution < -0.4 is 10.6 Å². The van der Waals surface area contributed by atoms with Gasteiger partial charge in [0.05, 0.1) is 11.5 Å². The number of nitrogens with zero attached hydrogens (tertiary/aromatic N) is 2. The van der Waals surface area contributed by atoms with Crippen molar-refractivity contribution in [1.29, 1.82) is 0 Å². The molecule has 0 aliphatic rings. The molecule has 0 aliphatic heterocycles. The summed E-state index contributed by atoms with van der Waals surface area (Å²) in [7, 11) is 4.63. The average molecular weight is 280 g/mol. The third-order valence-corrected chi connectivity index (χ3v) is 2.56. The average Bonchev–Trinajstić information content (AvgIpc) is 2.43. The molecular weight excluding hydrogens is 264 g/mol. The van der Waals surface area contributed by atoms with Crippen LogP contribution in [0.25, 0.3) is 0 Å². The minimum absolute atomic E-state index is 0.114. The fourth-order valence-corrected chi connectivity index (χ4v) is 1.49. The Bertz CT molecular complexity index is 542. The third kappa shape index (κ3) is 3.67. The highest BCUT2D eigenvalue weighted by atomic mass is 16.6. The molecule has 2 amide bonds. The number of benzene rings is 1. The molecular formula is C12H16N4O4. The number of hydrogen-bond acceptors (Lipinski definition) is 5. The number of nitro benzene ring substituents is 1. The second-order valence-corrected chi connectivity index (χ2v) is 4.22. The van der Waals surface area contributed by atoms with Gasteiger partial charge in [-0.1, -0.05) is 0 Å². The van der Waals surface area contributed by atoms with E-state index in [1.54, 1.807) is 14.1 Å². The molecule has 0 saturated carbocycles. The van der Waals surface area contributed by atoms with Crippen molar-refractivity contribution in [2.75, 3.05) is 33.0 Å². The number of nitrogens with one attached hydrogen (secondary N) is 2. The van der Waals surface area contributed by atoms with Gasteiger partial charge in [0.1, 0.15) is 5.69 Å². The fourth-order valence-electron chi connectivity index (χ4n) is 1.49. The fraction of sp³-hybridized carbons (Fsp3) is 0.333. The van der Waals surface area contributed by atoms with E-state index in [9.17, 15) is 19.7 Å². The van der Waals surface area contributed by atoms with Crippen LogP contribution in [0.2, 0.25) is 0 Å². The molecule has 1 rings (SSSR count). The first-order chi connectivity index (χ1) is 9.36. The minimum atomic E-state index is -0.573. The van der Waals surface area contributed by atoms with Gasteiger partial charge in [0.2, 0.25) is 5.91 Å². The second-order valence-electron chi connectivity index (χ2n) is 4.22. The summed E-state index contributed by atoms with van der Waals surface area (Å²) in [5, 5.41) is 16.0. The van der Waals surface area contributed by atoms with Gasteiger partial charge in [0.15, 0.2) is 0 Å². The normalized spacial score (nSPS) is 9.75. The van der Waals surface area contributed by atoms with Gasteiger partial charge >= 0.3 is 0 Å². The molecule has 8 nitrogen and oxygen atoms in total. The molecule has 0 unspecified atom stereocenters. The van der Waals surface area contributed by atoms with Crippen molar-refractivity contribution in [3.8, 4) is 0 Å². The van der Waals surface area contributed by atoms with Crippen LogP contribution in [0.4, 0.5) is 11.4 Å². The van der Waals surface area contributed by atoms with Crippen LogP contribution in [-0.4, -0.2) is 49.3 Å². The first-order valence-electron chi connectivity index (χ1n) is 5.81. The zero-order valence-electron chi connectivity index (χ0n) is 11.5. The van der Waals surface area contributed by atoms with Crippen LogP contribution in [0.15, 0.2) is 18.2 Å². The number of rotatable bonds is 5. The summed E-state index contributed by atoms with van der Waals surface area (Å²) in [5.74, 6) is -0.591. The van der Waals surface area contributed by atoms with Gasteiger partial charge in [-0.3, -0.25) is 19.7 Å². The minimum Gasteiger partial charge on any atom is -0.371 e. The zero-order valence-corrected chi connectivity index (χ0v) is 11.5. The molecule has 0 radical (unpaired) electrons. The van der Waals surface area contributed by atoms with E-state index in [-0.39, 0.29) is 29.7 Å². The van der Waals surface area contributed by atoms with Crippen LogP contribution in [0.1, 0.15) is 10.4 Å². The lowest BCUT2D eigenvalue weighted by Gasteiger charge is -2.12. The first-order valence-corrected chi connectivity index (χ1v) is 5.81. The highest BCUT2D eigenvalue weighted by Gasteiger charge is 2.18. The Morgan fingerprint density at radius 1 is 1.35 bits per heavy atom. The first kappa shape index (κ1) is 15.4. The van der Waals surface area contributed by atoms with Gasteiger partial charge in [-0.05, 0) is 12.1 Å². The summed E-state index contributed by atoms with van der Waals surface area (Å²) in [5.41, 5.74) is 0.246. The summed E-state index contributed by atoms with van der Waals surface area (Å²) >= 11 is 0. The molecule has 1 aromatic carbocycles. The molecule has 0 saturated heterocycles. The van der Waals surface area contributed by atoms with E-state index in [1.807, 2.05) is 0 Å². The highest BCUT2D eigenvalue weighted by Crippen LogP contribution is 2.25. The molecule has 8 heteroatoms. The summed E-state index contributed by atoms with van der Waals surface area (Å²) in [6.07, 6.45) is 0. The largest absolute Gasteiger partial charge is 0.371 e. The van der Waals surface area contributed by atoms with Crippen molar-refractivity contribution >= 4 is 23.2 Å². The Labute approximate surface area is 115 Å².